The van der Waals surface area contributed by atoms with Crippen molar-refractivity contribution in [3.05, 3.63) is 42.5 Å². The third kappa shape index (κ3) is 9.61. The van der Waals surface area contributed by atoms with Gasteiger partial charge in [-0.25, -0.2) is 0 Å². The average Bonchev–Trinajstić information content (AvgIpc) is 2.72. The van der Waals surface area contributed by atoms with E-state index in [1.54, 1.807) is 60.6 Å². The summed E-state index contributed by atoms with van der Waals surface area (Å²) in [5.74, 6) is -1.93. The first kappa shape index (κ1) is 28.8. The molecule has 35 heavy (non-hydrogen) atoms. The molecule has 0 heterocycles. The predicted molar refractivity (Wildman–Crippen MR) is 135 cm³/mol. The van der Waals surface area contributed by atoms with Crippen molar-refractivity contribution in [2.75, 3.05) is 6.61 Å². The molecule has 0 spiro atoms. The summed E-state index contributed by atoms with van der Waals surface area (Å²) in [7, 11) is -3.95. The number of hydrogen-bond donors (Lipinski definition) is 0. The van der Waals surface area contributed by atoms with E-state index in [0.717, 1.165) is 10.8 Å². The van der Waals surface area contributed by atoms with E-state index in [1.807, 2.05) is 24.3 Å². The van der Waals surface area contributed by atoms with Crippen molar-refractivity contribution in [3.63, 3.8) is 0 Å². The maximum absolute atomic E-state index is 12.8. The SMILES string of the molecule is C[C@@H](C[C@@H](CCCOS(=O)(=O)c1ccc2ccccc2c1)C(=O)OC(C)(C)C)C(=O)OC(C)(C)C. The highest BCUT2D eigenvalue weighted by Crippen LogP contribution is 2.25. The smallest absolute Gasteiger partial charge is 0.309 e. The average molecular weight is 507 g/mol. The molecule has 194 valence electrons. The molecule has 0 fully saturated rings. The van der Waals surface area contributed by atoms with Crippen LogP contribution in [-0.2, 0) is 33.4 Å². The Morgan fingerprint density at radius 1 is 0.857 bits per heavy atom. The van der Waals surface area contributed by atoms with Crippen molar-refractivity contribution < 1.29 is 31.7 Å². The van der Waals surface area contributed by atoms with Gasteiger partial charge in [0.05, 0.1) is 23.3 Å². The number of carbonyl (C=O) groups is 2. The van der Waals surface area contributed by atoms with Crippen molar-refractivity contribution in [2.24, 2.45) is 11.8 Å². The normalized spacial score (nSPS) is 14.4. The first-order chi connectivity index (χ1) is 16.1. The molecule has 0 saturated heterocycles. The van der Waals surface area contributed by atoms with Crippen LogP contribution >= 0.6 is 0 Å². The van der Waals surface area contributed by atoms with Crippen molar-refractivity contribution in [3.8, 4) is 0 Å². The van der Waals surface area contributed by atoms with Gasteiger partial charge in [0.15, 0.2) is 0 Å². The molecular weight excluding hydrogens is 468 g/mol. The predicted octanol–water partition coefficient (Wildman–Crippen LogP) is 5.65. The van der Waals surface area contributed by atoms with Crippen molar-refractivity contribution in [2.45, 2.75) is 83.8 Å². The van der Waals surface area contributed by atoms with E-state index in [2.05, 4.69) is 0 Å². The number of carbonyl (C=O) groups excluding carboxylic acids is 2. The Morgan fingerprint density at radius 2 is 1.43 bits per heavy atom. The van der Waals surface area contributed by atoms with Gasteiger partial charge in [0.25, 0.3) is 10.1 Å². The lowest BCUT2D eigenvalue weighted by Crippen LogP contribution is -2.33. The summed E-state index contributed by atoms with van der Waals surface area (Å²) in [5.41, 5.74) is -1.31. The molecule has 0 aliphatic heterocycles. The first-order valence-electron chi connectivity index (χ1n) is 11.9. The molecule has 0 unspecified atom stereocenters. The number of ether oxygens (including phenoxy) is 2. The van der Waals surface area contributed by atoms with Gasteiger partial charge in [0, 0.05) is 0 Å². The number of fused-ring (bicyclic) bond motifs is 1. The minimum absolute atomic E-state index is 0.0819. The number of esters is 2. The van der Waals surface area contributed by atoms with Crippen LogP contribution in [0.3, 0.4) is 0 Å². The molecule has 8 heteroatoms. The fraction of sp³-hybridized carbons (Fsp3) is 0.556. The van der Waals surface area contributed by atoms with Gasteiger partial charge in [-0.05, 0) is 83.7 Å². The summed E-state index contributed by atoms with van der Waals surface area (Å²) in [6.45, 7) is 12.3. The van der Waals surface area contributed by atoms with Gasteiger partial charge in [-0.1, -0.05) is 37.3 Å². The molecule has 2 atom stereocenters. The minimum Gasteiger partial charge on any atom is -0.460 e. The summed E-state index contributed by atoms with van der Waals surface area (Å²) >= 11 is 0. The molecule has 2 aromatic carbocycles. The second-order valence-corrected chi connectivity index (χ2v) is 12.4. The molecule has 0 N–H and O–H groups in total. The maximum Gasteiger partial charge on any atom is 0.309 e. The number of hydrogen-bond acceptors (Lipinski definition) is 7. The van der Waals surface area contributed by atoms with Crippen LogP contribution in [0, 0.1) is 11.8 Å². The van der Waals surface area contributed by atoms with Crippen molar-refractivity contribution in [1.29, 1.82) is 0 Å². The summed E-state index contributed by atoms with van der Waals surface area (Å²) < 4.78 is 41.6. The minimum atomic E-state index is -3.95. The third-order valence-electron chi connectivity index (χ3n) is 5.13. The van der Waals surface area contributed by atoms with Crippen molar-refractivity contribution in [1.82, 2.24) is 0 Å². The molecule has 2 rings (SSSR count). The van der Waals surface area contributed by atoms with Crippen LogP contribution in [0.15, 0.2) is 47.4 Å². The first-order valence-corrected chi connectivity index (χ1v) is 13.3. The van der Waals surface area contributed by atoms with Gasteiger partial charge in [-0.3, -0.25) is 13.8 Å². The topological polar surface area (TPSA) is 96.0 Å². The van der Waals surface area contributed by atoms with Crippen LogP contribution in [-0.4, -0.2) is 38.2 Å². The summed E-state index contributed by atoms with van der Waals surface area (Å²) in [6, 6.07) is 12.3. The lowest BCUT2D eigenvalue weighted by Gasteiger charge is -2.26. The Balaban J connectivity index is 2.02. The zero-order chi connectivity index (χ0) is 26.4. The van der Waals surface area contributed by atoms with Crippen LogP contribution in [0.5, 0.6) is 0 Å². The Morgan fingerprint density at radius 3 is 2.03 bits per heavy atom. The van der Waals surface area contributed by atoms with Gasteiger partial charge in [0.1, 0.15) is 11.2 Å². The highest BCUT2D eigenvalue weighted by molar-refractivity contribution is 7.86. The van der Waals surface area contributed by atoms with Gasteiger partial charge in [-0.2, -0.15) is 8.42 Å². The highest BCUT2D eigenvalue weighted by Gasteiger charge is 2.30. The molecule has 2 aromatic rings. The Bertz CT molecular complexity index is 1120. The summed E-state index contributed by atoms with van der Waals surface area (Å²) in [4.78, 5) is 25.3. The number of benzene rings is 2. The molecular formula is C27H38O7S. The second kappa shape index (κ2) is 11.5. The lowest BCUT2D eigenvalue weighted by molar-refractivity contribution is -0.164. The van der Waals surface area contributed by atoms with Crippen LogP contribution in [0.4, 0.5) is 0 Å². The zero-order valence-electron chi connectivity index (χ0n) is 21.8. The van der Waals surface area contributed by atoms with Crippen molar-refractivity contribution >= 4 is 32.8 Å². The van der Waals surface area contributed by atoms with E-state index in [0.29, 0.717) is 12.8 Å². The Hall–Kier alpha value is -2.45. The summed E-state index contributed by atoms with van der Waals surface area (Å²) in [6.07, 6.45) is 0.855. The standard InChI is InChI=1S/C27H38O7S/c1-19(24(28)33-26(2,3)4)17-22(25(29)34-27(5,6)7)13-10-16-32-35(30,31)23-15-14-20-11-8-9-12-21(20)18-23/h8-9,11-12,14-15,18-19,22H,10,13,16-17H2,1-7H3/t19-,22+/m0/s1. The van der Waals surface area contributed by atoms with E-state index in [-0.39, 0.29) is 23.9 Å². The van der Waals surface area contributed by atoms with E-state index in [4.69, 9.17) is 13.7 Å². The molecule has 0 amide bonds. The highest BCUT2D eigenvalue weighted by atomic mass is 32.2. The largest absolute Gasteiger partial charge is 0.460 e. The van der Waals surface area contributed by atoms with E-state index in [1.165, 1.54) is 6.07 Å². The van der Waals surface area contributed by atoms with Crippen LogP contribution in [0.25, 0.3) is 10.8 Å². The molecule has 0 aromatic heterocycles. The zero-order valence-corrected chi connectivity index (χ0v) is 22.6. The Kier molecular flexibility index (Phi) is 9.48. The second-order valence-electron chi connectivity index (χ2n) is 10.8. The van der Waals surface area contributed by atoms with Gasteiger partial charge in [-0.15, -0.1) is 0 Å². The molecule has 7 nitrogen and oxygen atoms in total. The molecule has 0 aliphatic carbocycles. The van der Waals surface area contributed by atoms with E-state index < -0.39 is 39.1 Å². The van der Waals surface area contributed by atoms with Crippen LogP contribution in [0.1, 0.15) is 67.7 Å². The van der Waals surface area contributed by atoms with Gasteiger partial charge >= 0.3 is 11.9 Å². The number of rotatable bonds is 10. The van der Waals surface area contributed by atoms with Gasteiger partial charge < -0.3 is 9.47 Å². The monoisotopic (exact) mass is 506 g/mol. The Labute approximate surface area is 209 Å². The molecule has 0 aliphatic rings. The summed E-state index contributed by atoms with van der Waals surface area (Å²) in [5, 5.41) is 1.74. The van der Waals surface area contributed by atoms with E-state index in [9.17, 15) is 18.0 Å². The van der Waals surface area contributed by atoms with Crippen LogP contribution in [0.2, 0.25) is 0 Å². The maximum atomic E-state index is 12.8. The fourth-order valence-electron chi connectivity index (χ4n) is 3.53. The fourth-order valence-corrected chi connectivity index (χ4v) is 4.51. The molecule has 0 radical (unpaired) electrons. The van der Waals surface area contributed by atoms with Gasteiger partial charge in [0.2, 0.25) is 0 Å². The third-order valence-corrected chi connectivity index (χ3v) is 6.44. The quantitative estimate of drug-likeness (QED) is 0.233. The van der Waals surface area contributed by atoms with E-state index >= 15 is 0 Å². The molecule has 0 saturated carbocycles. The lowest BCUT2D eigenvalue weighted by atomic mass is 9.91. The molecule has 0 bridgehead atoms. The van der Waals surface area contributed by atoms with Crippen LogP contribution < -0.4 is 0 Å².